The van der Waals surface area contributed by atoms with Gasteiger partial charge < -0.3 is 9.47 Å². The average molecular weight is 387 g/mol. The van der Waals surface area contributed by atoms with Gasteiger partial charge in [-0.1, -0.05) is 0 Å². The van der Waals surface area contributed by atoms with Crippen molar-refractivity contribution >= 4 is 27.2 Å². The summed E-state index contributed by atoms with van der Waals surface area (Å²) in [5.41, 5.74) is 2.51. The molecule has 2 rings (SSSR count). The van der Waals surface area contributed by atoms with E-state index >= 15 is 0 Å². The maximum absolute atomic E-state index is 12.5. The first-order chi connectivity index (χ1) is 12.9. The molecule has 27 heavy (non-hydrogen) atoms. The number of hydrogen-bond acceptors (Lipinski definition) is 10. The lowest BCUT2D eigenvalue weighted by molar-refractivity contribution is 0.353. The number of ether oxygens (including phenoxy) is 2. The van der Waals surface area contributed by atoms with Crippen molar-refractivity contribution in [2.24, 2.45) is 5.10 Å². The summed E-state index contributed by atoms with van der Waals surface area (Å²) in [7, 11) is -1.23. The van der Waals surface area contributed by atoms with Crippen molar-refractivity contribution in [2.45, 2.75) is 4.90 Å². The minimum absolute atomic E-state index is 0.0295. The lowest BCUT2D eigenvalue weighted by atomic mass is 10.3. The van der Waals surface area contributed by atoms with Crippen molar-refractivity contribution in [2.75, 3.05) is 24.4 Å². The molecule has 0 fully saturated rings. The van der Waals surface area contributed by atoms with Gasteiger partial charge in [-0.25, -0.2) is 8.42 Å². The molecule has 2 aromatic rings. The van der Waals surface area contributed by atoms with Crippen molar-refractivity contribution in [3.63, 3.8) is 0 Å². The highest BCUT2D eigenvalue weighted by Crippen LogP contribution is 2.21. The second-order valence-corrected chi connectivity index (χ2v) is 6.39. The van der Waals surface area contributed by atoms with Gasteiger partial charge in [0.15, 0.2) is 5.82 Å². The SMILES string of the molecule is COc1cc(NS(=O)(=O)c2ccc(NN=C(C#N)C#N)cc2)nc(OC)n1. The number of hydrazone groups is 1. The second-order valence-electron chi connectivity index (χ2n) is 4.71. The van der Waals surface area contributed by atoms with E-state index in [0.717, 1.165) is 0 Å². The Kier molecular flexibility index (Phi) is 6.09. The largest absolute Gasteiger partial charge is 0.481 e. The smallest absolute Gasteiger partial charge is 0.321 e. The van der Waals surface area contributed by atoms with E-state index in [1.54, 1.807) is 12.1 Å². The number of benzene rings is 1. The second kappa shape index (κ2) is 8.46. The fourth-order valence-corrected chi connectivity index (χ4v) is 2.74. The summed E-state index contributed by atoms with van der Waals surface area (Å²) in [6, 6.07) is 9.90. The summed E-state index contributed by atoms with van der Waals surface area (Å²) in [5.74, 6) is 0.0981. The van der Waals surface area contributed by atoms with Crippen LogP contribution in [0.15, 0.2) is 40.3 Å². The van der Waals surface area contributed by atoms with Gasteiger partial charge >= 0.3 is 6.01 Å². The molecule has 1 aromatic heterocycles. The van der Waals surface area contributed by atoms with Gasteiger partial charge in [0.05, 0.1) is 24.8 Å². The Morgan fingerprint density at radius 3 is 2.33 bits per heavy atom. The van der Waals surface area contributed by atoms with E-state index in [9.17, 15) is 8.42 Å². The first-order valence-corrected chi connectivity index (χ1v) is 8.64. The molecular weight excluding hydrogens is 374 g/mol. The summed E-state index contributed by atoms with van der Waals surface area (Å²) in [6.45, 7) is 0. The molecule has 0 unspecified atom stereocenters. The van der Waals surface area contributed by atoms with Crippen molar-refractivity contribution < 1.29 is 17.9 Å². The van der Waals surface area contributed by atoms with Gasteiger partial charge in [0.1, 0.15) is 12.1 Å². The van der Waals surface area contributed by atoms with Crippen LogP contribution in [0.1, 0.15) is 0 Å². The van der Waals surface area contributed by atoms with Gasteiger partial charge in [-0.15, -0.1) is 0 Å². The zero-order valence-corrected chi connectivity index (χ0v) is 15.0. The molecule has 138 valence electrons. The first-order valence-electron chi connectivity index (χ1n) is 7.15. The Bertz CT molecular complexity index is 999. The van der Waals surface area contributed by atoms with E-state index in [1.165, 1.54) is 44.6 Å². The molecule has 2 N–H and O–H groups in total. The zero-order chi connectivity index (χ0) is 19.9. The van der Waals surface area contributed by atoms with Crippen LogP contribution in [-0.4, -0.2) is 38.3 Å². The Labute approximate surface area is 154 Å². The summed E-state index contributed by atoms with van der Waals surface area (Å²) >= 11 is 0. The maximum Gasteiger partial charge on any atom is 0.321 e. The Morgan fingerprint density at radius 2 is 1.78 bits per heavy atom. The molecule has 0 bridgehead atoms. The van der Waals surface area contributed by atoms with Crippen molar-refractivity contribution in [1.82, 2.24) is 9.97 Å². The Hall–Kier alpha value is -3.90. The Morgan fingerprint density at radius 1 is 1.11 bits per heavy atom. The fraction of sp³-hybridized carbons (Fsp3) is 0.133. The third-order valence-corrected chi connectivity index (χ3v) is 4.36. The normalized spacial score (nSPS) is 10.1. The van der Waals surface area contributed by atoms with E-state index in [0.29, 0.717) is 5.69 Å². The molecule has 0 saturated heterocycles. The third-order valence-electron chi connectivity index (χ3n) is 2.99. The van der Waals surface area contributed by atoms with Crippen LogP contribution < -0.4 is 19.6 Å². The molecule has 0 amide bonds. The summed E-state index contributed by atoms with van der Waals surface area (Å²) in [4.78, 5) is 7.73. The minimum atomic E-state index is -3.94. The lowest BCUT2D eigenvalue weighted by Gasteiger charge is -2.10. The van der Waals surface area contributed by atoms with Crippen molar-refractivity contribution in [3.8, 4) is 24.0 Å². The number of methoxy groups -OCH3 is 2. The quantitative estimate of drug-likeness (QED) is 0.523. The molecule has 1 aromatic carbocycles. The number of rotatable bonds is 7. The molecule has 0 atom stereocenters. The number of aromatic nitrogens is 2. The zero-order valence-electron chi connectivity index (χ0n) is 14.2. The molecule has 12 heteroatoms. The van der Waals surface area contributed by atoms with E-state index in [4.69, 9.17) is 20.0 Å². The highest BCUT2D eigenvalue weighted by Gasteiger charge is 2.16. The first kappa shape index (κ1) is 19.4. The summed E-state index contributed by atoms with van der Waals surface area (Å²) in [5, 5.41) is 20.8. The molecule has 0 radical (unpaired) electrons. The van der Waals surface area contributed by atoms with Gasteiger partial charge in [0, 0.05) is 6.07 Å². The molecule has 0 saturated carbocycles. The minimum Gasteiger partial charge on any atom is -0.481 e. The predicted octanol–water partition coefficient (Wildman–Crippen LogP) is 1.11. The number of hydrogen-bond donors (Lipinski definition) is 2. The number of nitriles is 2. The molecule has 0 spiro atoms. The van der Waals surface area contributed by atoms with Crippen LogP contribution in [0.5, 0.6) is 11.9 Å². The molecule has 11 nitrogen and oxygen atoms in total. The van der Waals surface area contributed by atoms with Gasteiger partial charge in [0.2, 0.25) is 11.6 Å². The summed E-state index contributed by atoms with van der Waals surface area (Å²) in [6.07, 6.45) is 0. The summed E-state index contributed by atoms with van der Waals surface area (Å²) < 4.78 is 37.1. The van der Waals surface area contributed by atoms with Gasteiger partial charge in [0.25, 0.3) is 10.0 Å². The van der Waals surface area contributed by atoms with Crippen LogP contribution in [0.4, 0.5) is 11.5 Å². The van der Waals surface area contributed by atoms with E-state index < -0.39 is 10.0 Å². The Balaban J connectivity index is 2.21. The van der Waals surface area contributed by atoms with E-state index in [2.05, 4.69) is 25.2 Å². The van der Waals surface area contributed by atoms with Crippen LogP contribution >= 0.6 is 0 Å². The molecule has 1 heterocycles. The number of nitrogens with zero attached hydrogens (tertiary/aromatic N) is 5. The van der Waals surface area contributed by atoms with Crippen LogP contribution in [0.25, 0.3) is 0 Å². The molecule has 0 aliphatic heterocycles. The third kappa shape index (κ3) is 5.04. The number of anilines is 2. The lowest BCUT2D eigenvalue weighted by Crippen LogP contribution is -2.14. The van der Waals surface area contributed by atoms with Gasteiger partial charge in [-0.3, -0.25) is 10.1 Å². The van der Waals surface area contributed by atoms with E-state index in [-0.39, 0.29) is 28.3 Å². The fourth-order valence-electron chi connectivity index (χ4n) is 1.75. The monoisotopic (exact) mass is 387 g/mol. The highest BCUT2D eigenvalue weighted by molar-refractivity contribution is 7.92. The molecule has 0 aliphatic rings. The number of nitrogens with one attached hydrogen (secondary N) is 2. The van der Waals surface area contributed by atoms with E-state index in [1.807, 2.05) is 0 Å². The van der Waals surface area contributed by atoms with Crippen LogP contribution in [0.2, 0.25) is 0 Å². The predicted molar refractivity (Wildman–Crippen MR) is 94.7 cm³/mol. The van der Waals surface area contributed by atoms with Crippen molar-refractivity contribution in [1.29, 1.82) is 10.5 Å². The average Bonchev–Trinajstić information content (AvgIpc) is 2.68. The molecule has 0 aliphatic carbocycles. The van der Waals surface area contributed by atoms with Crippen LogP contribution in [-0.2, 0) is 10.0 Å². The standard InChI is InChI=1S/C15H13N7O4S/c1-25-14-7-13(18-15(19-14)26-2)22-27(23,24)12-5-3-10(4-6-12)20-21-11(8-16)9-17/h3-7,20H,1-2H3,(H,18,19,22). The molecular formula is C15H13N7O4S. The van der Waals surface area contributed by atoms with Crippen LogP contribution in [0, 0.1) is 22.7 Å². The number of sulfonamides is 1. The topological polar surface area (TPSA) is 162 Å². The van der Waals surface area contributed by atoms with Gasteiger partial charge in [-0.05, 0) is 24.3 Å². The highest BCUT2D eigenvalue weighted by atomic mass is 32.2. The maximum atomic E-state index is 12.5. The van der Waals surface area contributed by atoms with Crippen molar-refractivity contribution in [3.05, 3.63) is 30.3 Å². The van der Waals surface area contributed by atoms with Gasteiger partial charge in [-0.2, -0.15) is 25.6 Å². The van der Waals surface area contributed by atoms with Crippen LogP contribution in [0.3, 0.4) is 0 Å².